The van der Waals surface area contributed by atoms with Gasteiger partial charge in [-0.05, 0) is 19.4 Å². The van der Waals surface area contributed by atoms with Crippen molar-refractivity contribution < 1.29 is 14.3 Å². The van der Waals surface area contributed by atoms with Crippen LogP contribution in [0.25, 0.3) is 0 Å². The molecule has 1 rings (SSSR count). The van der Waals surface area contributed by atoms with Gasteiger partial charge in [-0.3, -0.25) is 4.79 Å². The van der Waals surface area contributed by atoms with Gasteiger partial charge in [0, 0.05) is 6.42 Å². The van der Waals surface area contributed by atoms with Crippen molar-refractivity contribution in [3.63, 3.8) is 0 Å². The second-order valence-corrected chi connectivity index (χ2v) is 4.29. The van der Waals surface area contributed by atoms with Crippen LogP contribution >= 0.6 is 17.0 Å². The second-order valence-electron chi connectivity index (χ2n) is 4.29. The summed E-state index contributed by atoms with van der Waals surface area (Å²) in [6, 6.07) is 8.07. The van der Waals surface area contributed by atoms with E-state index in [4.69, 9.17) is 10.5 Å². The number of nitrogens with one attached hydrogen (secondary N) is 1. The van der Waals surface area contributed by atoms with Crippen LogP contribution in [0.2, 0.25) is 0 Å². The fraction of sp³-hybridized carbons (Fsp3) is 0.429. The van der Waals surface area contributed by atoms with Crippen molar-refractivity contribution >= 4 is 28.9 Å². The smallest absolute Gasteiger partial charge is 0.328 e. The van der Waals surface area contributed by atoms with Crippen molar-refractivity contribution in [2.75, 3.05) is 6.61 Å². The van der Waals surface area contributed by atoms with Gasteiger partial charge in [0.25, 0.3) is 0 Å². The predicted octanol–water partition coefficient (Wildman–Crippen LogP) is 1.20. The van der Waals surface area contributed by atoms with E-state index < -0.39 is 18.1 Å². The van der Waals surface area contributed by atoms with Gasteiger partial charge < -0.3 is 15.8 Å². The normalized spacial score (nSPS) is 12.8. The first-order chi connectivity index (χ1) is 9.04. The van der Waals surface area contributed by atoms with E-state index in [9.17, 15) is 9.59 Å². The van der Waals surface area contributed by atoms with Gasteiger partial charge in [0.1, 0.15) is 6.04 Å². The minimum absolute atomic E-state index is 0. The molecule has 112 valence electrons. The summed E-state index contributed by atoms with van der Waals surface area (Å²) >= 11 is 0. The lowest BCUT2D eigenvalue weighted by atomic mass is 10.1. The van der Waals surface area contributed by atoms with Crippen molar-refractivity contribution in [1.29, 1.82) is 0 Å². The van der Waals surface area contributed by atoms with E-state index in [1.807, 2.05) is 30.3 Å². The molecular weight excluding hydrogens is 324 g/mol. The molecule has 0 heterocycles. The van der Waals surface area contributed by atoms with Gasteiger partial charge in [-0.1, -0.05) is 30.3 Å². The van der Waals surface area contributed by atoms with E-state index in [0.717, 1.165) is 5.56 Å². The molecule has 20 heavy (non-hydrogen) atoms. The molecule has 0 aliphatic rings. The molecule has 0 aliphatic carbocycles. The highest BCUT2D eigenvalue weighted by molar-refractivity contribution is 8.93. The van der Waals surface area contributed by atoms with Gasteiger partial charge in [0.2, 0.25) is 5.91 Å². The van der Waals surface area contributed by atoms with Crippen LogP contribution in [0.3, 0.4) is 0 Å². The van der Waals surface area contributed by atoms with Gasteiger partial charge in [-0.2, -0.15) is 0 Å². The largest absolute Gasteiger partial charge is 0.464 e. The number of hydrogen-bond acceptors (Lipinski definition) is 4. The Kier molecular flexibility index (Phi) is 8.83. The zero-order valence-electron chi connectivity index (χ0n) is 11.7. The van der Waals surface area contributed by atoms with Crippen molar-refractivity contribution in [1.82, 2.24) is 5.32 Å². The Bertz CT molecular complexity index is 424. The highest BCUT2D eigenvalue weighted by atomic mass is 79.9. The number of esters is 1. The van der Waals surface area contributed by atoms with E-state index >= 15 is 0 Å². The minimum atomic E-state index is -0.708. The molecule has 0 radical (unpaired) electrons. The first-order valence-corrected chi connectivity index (χ1v) is 6.31. The molecule has 0 aliphatic heterocycles. The number of amides is 1. The third kappa shape index (κ3) is 6.16. The topological polar surface area (TPSA) is 81.4 Å². The highest BCUT2D eigenvalue weighted by Crippen LogP contribution is 2.05. The first kappa shape index (κ1) is 18.6. The molecule has 0 saturated heterocycles. The maximum atomic E-state index is 11.8. The lowest BCUT2D eigenvalue weighted by Gasteiger charge is -2.18. The number of carbonyl (C=O) groups excluding carboxylic acids is 2. The molecule has 0 saturated carbocycles. The Morgan fingerprint density at radius 3 is 2.40 bits per heavy atom. The molecule has 2 atom stereocenters. The average molecular weight is 345 g/mol. The predicted molar refractivity (Wildman–Crippen MR) is 82.7 cm³/mol. The van der Waals surface area contributed by atoms with Crippen LogP contribution in [0.15, 0.2) is 30.3 Å². The Morgan fingerprint density at radius 1 is 1.30 bits per heavy atom. The Hall–Kier alpha value is -1.40. The minimum Gasteiger partial charge on any atom is -0.464 e. The van der Waals surface area contributed by atoms with Crippen LogP contribution in [0.5, 0.6) is 0 Å². The van der Waals surface area contributed by atoms with Crippen LogP contribution in [0.4, 0.5) is 0 Å². The zero-order chi connectivity index (χ0) is 14.3. The summed E-state index contributed by atoms with van der Waals surface area (Å²) in [6.45, 7) is 3.57. The molecule has 1 amide bonds. The van der Waals surface area contributed by atoms with Crippen LogP contribution < -0.4 is 11.1 Å². The highest BCUT2D eigenvalue weighted by Gasteiger charge is 2.23. The van der Waals surface area contributed by atoms with Crippen LogP contribution in [0.1, 0.15) is 19.4 Å². The molecule has 5 nitrogen and oxygen atoms in total. The Morgan fingerprint density at radius 2 is 1.90 bits per heavy atom. The third-order valence-electron chi connectivity index (χ3n) is 2.58. The number of nitrogens with two attached hydrogens (primary N) is 1. The van der Waals surface area contributed by atoms with Gasteiger partial charge in [-0.25, -0.2) is 4.79 Å². The number of ether oxygens (including phenoxy) is 1. The Balaban J connectivity index is 0.00000361. The zero-order valence-corrected chi connectivity index (χ0v) is 13.4. The number of carbonyl (C=O) groups is 2. The molecule has 0 spiro atoms. The van der Waals surface area contributed by atoms with E-state index in [2.05, 4.69) is 5.32 Å². The average Bonchev–Trinajstić information content (AvgIpc) is 2.39. The van der Waals surface area contributed by atoms with Gasteiger partial charge in [0.05, 0.1) is 12.6 Å². The SMILES string of the molecule is Br.CCOC(=O)[C@H](Cc1ccccc1)NC(=O)[C@H](C)N. The summed E-state index contributed by atoms with van der Waals surface area (Å²) in [5, 5.41) is 2.61. The summed E-state index contributed by atoms with van der Waals surface area (Å²) in [7, 11) is 0. The number of halogens is 1. The van der Waals surface area contributed by atoms with Gasteiger partial charge in [-0.15, -0.1) is 17.0 Å². The quantitative estimate of drug-likeness (QED) is 0.760. The monoisotopic (exact) mass is 344 g/mol. The second kappa shape index (κ2) is 9.50. The van der Waals surface area contributed by atoms with E-state index in [1.165, 1.54) is 0 Å². The number of rotatable bonds is 6. The standard InChI is InChI=1S/C14H20N2O3.BrH/c1-3-19-14(18)12(16-13(17)10(2)15)9-11-7-5-4-6-8-11;/h4-8,10,12H,3,9,15H2,1-2H3,(H,16,17);1H/t10-,12-;/m0./s1. The molecular formula is C14H21BrN2O3. The van der Waals surface area contributed by atoms with Crippen LogP contribution in [-0.2, 0) is 20.7 Å². The fourth-order valence-electron chi connectivity index (χ4n) is 1.59. The number of hydrogen-bond donors (Lipinski definition) is 2. The molecule has 3 N–H and O–H groups in total. The maximum absolute atomic E-state index is 11.8. The maximum Gasteiger partial charge on any atom is 0.328 e. The molecule has 0 unspecified atom stereocenters. The molecule has 0 aromatic heterocycles. The van der Waals surface area contributed by atoms with Crippen LogP contribution in [-0.4, -0.2) is 30.6 Å². The van der Waals surface area contributed by atoms with Crippen molar-refractivity contribution in [3.8, 4) is 0 Å². The summed E-state index contributed by atoms with van der Waals surface area (Å²) in [5.74, 6) is -0.811. The summed E-state index contributed by atoms with van der Waals surface area (Å²) in [6.07, 6.45) is 0.387. The van der Waals surface area contributed by atoms with Crippen LogP contribution in [0, 0.1) is 0 Å². The van der Waals surface area contributed by atoms with Gasteiger partial charge >= 0.3 is 5.97 Å². The van der Waals surface area contributed by atoms with E-state index in [1.54, 1.807) is 13.8 Å². The number of benzene rings is 1. The molecule has 6 heteroatoms. The summed E-state index contributed by atoms with van der Waals surface area (Å²) in [5.41, 5.74) is 6.44. The summed E-state index contributed by atoms with van der Waals surface area (Å²) in [4.78, 5) is 23.4. The first-order valence-electron chi connectivity index (χ1n) is 6.31. The Labute approximate surface area is 129 Å². The van der Waals surface area contributed by atoms with E-state index in [-0.39, 0.29) is 29.5 Å². The lowest BCUT2D eigenvalue weighted by molar-refractivity contribution is -0.147. The van der Waals surface area contributed by atoms with Gasteiger partial charge in [0.15, 0.2) is 0 Å². The lowest BCUT2D eigenvalue weighted by Crippen LogP contribution is -2.48. The van der Waals surface area contributed by atoms with Crippen molar-refractivity contribution in [3.05, 3.63) is 35.9 Å². The fourth-order valence-corrected chi connectivity index (χ4v) is 1.59. The van der Waals surface area contributed by atoms with Crippen molar-refractivity contribution in [2.24, 2.45) is 5.73 Å². The third-order valence-corrected chi connectivity index (χ3v) is 2.58. The van der Waals surface area contributed by atoms with Crippen molar-refractivity contribution in [2.45, 2.75) is 32.4 Å². The van der Waals surface area contributed by atoms with E-state index in [0.29, 0.717) is 6.42 Å². The molecule has 1 aromatic carbocycles. The molecule has 0 bridgehead atoms. The molecule has 0 fully saturated rings. The summed E-state index contributed by atoms with van der Waals surface area (Å²) < 4.78 is 4.96. The molecule has 1 aromatic rings.